The maximum atomic E-state index is 4.07. The van der Waals surface area contributed by atoms with E-state index in [1.165, 1.54) is 37.1 Å². The van der Waals surface area contributed by atoms with Crippen molar-refractivity contribution in [1.82, 2.24) is 15.2 Å². The lowest BCUT2D eigenvalue weighted by molar-refractivity contribution is 0.175. The predicted octanol–water partition coefficient (Wildman–Crippen LogP) is 2.11. The summed E-state index contributed by atoms with van der Waals surface area (Å²) in [6, 6.07) is 0.794. The van der Waals surface area contributed by atoms with Crippen molar-refractivity contribution in [3.05, 3.63) is 16.6 Å². The molecule has 1 aliphatic rings. The highest BCUT2D eigenvalue weighted by atomic mass is 32.1. The summed E-state index contributed by atoms with van der Waals surface area (Å²) in [6.07, 6.45) is 7.38. The molecule has 1 saturated heterocycles. The van der Waals surface area contributed by atoms with Crippen molar-refractivity contribution in [2.45, 2.75) is 38.3 Å². The maximum absolute atomic E-state index is 4.07. The van der Waals surface area contributed by atoms with Crippen molar-refractivity contribution in [2.24, 2.45) is 0 Å². The number of aromatic nitrogens is 1. The Morgan fingerprint density at radius 3 is 3.25 bits per heavy atom. The molecule has 90 valence electrons. The third kappa shape index (κ3) is 3.54. The summed E-state index contributed by atoms with van der Waals surface area (Å²) in [5.74, 6) is 0. The minimum atomic E-state index is 0.794. The first-order chi connectivity index (χ1) is 7.86. The van der Waals surface area contributed by atoms with Crippen molar-refractivity contribution in [1.29, 1.82) is 0 Å². The van der Waals surface area contributed by atoms with Gasteiger partial charge in [0.05, 0.1) is 5.51 Å². The van der Waals surface area contributed by atoms with Gasteiger partial charge >= 0.3 is 0 Å². The van der Waals surface area contributed by atoms with Crippen molar-refractivity contribution >= 4 is 11.3 Å². The molecular formula is C12H21N3S. The van der Waals surface area contributed by atoms with Gasteiger partial charge in [0.2, 0.25) is 0 Å². The van der Waals surface area contributed by atoms with E-state index < -0.39 is 0 Å². The second kappa shape index (κ2) is 6.33. The van der Waals surface area contributed by atoms with Crippen LogP contribution >= 0.6 is 11.3 Å². The van der Waals surface area contributed by atoms with Gasteiger partial charge in [0, 0.05) is 23.7 Å². The van der Waals surface area contributed by atoms with Crippen LogP contribution in [-0.2, 0) is 6.54 Å². The molecule has 1 N–H and O–H groups in total. The van der Waals surface area contributed by atoms with E-state index in [4.69, 9.17) is 0 Å². The lowest BCUT2D eigenvalue weighted by Gasteiger charge is -2.32. The molecule has 1 aliphatic heterocycles. The summed E-state index contributed by atoms with van der Waals surface area (Å²) in [4.78, 5) is 7.92. The monoisotopic (exact) mass is 239 g/mol. The molecule has 2 rings (SSSR count). The fourth-order valence-corrected chi connectivity index (χ4v) is 2.88. The maximum Gasteiger partial charge on any atom is 0.0794 e. The third-order valence-corrected chi connectivity index (χ3v) is 4.14. The number of hydrogen-bond donors (Lipinski definition) is 1. The number of piperidine rings is 1. The second-order valence-corrected chi connectivity index (χ2v) is 5.53. The first kappa shape index (κ1) is 12.0. The highest BCUT2D eigenvalue weighted by Crippen LogP contribution is 2.17. The molecular weight excluding hydrogens is 218 g/mol. The minimum Gasteiger partial charge on any atom is -0.312 e. The number of rotatable bonds is 5. The average molecular weight is 239 g/mol. The minimum absolute atomic E-state index is 0.794. The van der Waals surface area contributed by atoms with Crippen LogP contribution in [-0.4, -0.2) is 36.1 Å². The lowest BCUT2D eigenvalue weighted by atomic mass is 10.0. The summed E-state index contributed by atoms with van der Waals surface area (Å²) < 4.78 is 0. The van der Waals surface area contributed by atoms with Crippen LogP contribution in [0.15, 0.2) is 11.7 Å². The Kier molecular flexibility index (Phi) is 4.75. The smallest absolute Gasteiger partial charge is 0.0794 e. The van der Waals surface area contributed by atoms with E-state index >= 15 is 0 Å². The molecule has 0 saturated carbocycles. The zero-order valence-electron chi connectivity index (χ0n) is 9.98. The first-order valence-corrected chi connectivity index (χ1v) is 7.02. The number of likely N-dealkylation sites (tertiary alicyclic amines) is 1. The zero-order chi connectivity index (χ0) is 11.2. The molecule has 0 spiro atoms. The predicted molar refractivity (Wildman–Crippen MR) is 68.7 cm³/mol. The molecule has 0 amide bonds. The highest BCUT2D eigenvalue weighted by molar-refractivity contribution is 7.09. The van der Waals surface area contributed by atoms with E-state index in [2.05, 4.69) is 22.2 Å². The molecule has 0 bridgehead atoms. The number of thiazole rings is 1. The molecule has 1 aromatic rings. The molecule has 0 aliphatic carbocycles. The van der Waals surface area contributed by atoms with Gasteiger partial charge in [-0.15, -0.1) is 11.3 Å². The molecule has 1 atom stereocenters. The van der Waals surface area contributed by atoms with Crippen LogP contribution in [0.5, 0.6) is 0 Å². The number of nitrogens with zero attached hydrogens (tertiary/aromatic N) is 2. The largest absolute Gasteiger partial charge is 0.312 e. The molecule has 1 unspecified atom stereocenters. The Bertz CT molecular complexity index is 286. The summed E-state index contributed by atoms with van der Waals surface area (Å²) in [5, 5.41) is 3.50. The fraction of sp³-hybridized carbons (Fsp3) is 0.750. The SMILES string of the molecule is CN1CCCCC1CCNCc1cncs1. The number of nitrogens with one attached hydrogen (secondary N) is 1. The summed E-state index contributed by atoms with van der Waals surface area (Å²) in [5.41, 5.74) is 1.89. The molecule has 4 heteroatoms. The highest BCUT2D eigenvalue weighted by Gasteiger charge is 2.17. The van der Waals surface area contributed by atoms with Gasteiger partial charge in [0.25, 0.3) is 0 Å². The lowest BCUT2D eigenvalue weighted by Crippen LogP contribution is -2.38. The quantitative estimate of drug-likeness (QED) is 0.798. The van der Waals surface area contributed by atoms with E-state index in [-0.39, 0.29) is 0 Å². The van der Waals surface area contributed by atoms with Gasteiger partial charge in [0.15, 0.2) is 0 Å². The second-order valence-electron chi connectivity index (χ2n) is 4.56. The summed E-state index contributed by atoms with van der Waals surface area (Å²) in [6.45, 7) is 3.37. The van der Waals surface area contributed by atoms with Crippen LogP contribution in [0.4, 0.5) is 0 Å². The van der Waals surface area contributed by atoms with Crippen LogP contribution in [0.2, 0.25) is 0 Å². The van der Waals surface area contributed by atoms with E-state index in [0.717, 1.165) is 19.1 Å². The van der Waals surface area contributed by atoms with Crippen LogP contribution in [0.1, 0.15) is 30.6 Å². The summed E-state index contributed by atoms with van der Waals surface area (Å²) >= 11 is 1.73. The van der Waals surface area contributed by atoms with E-state index in [1.807, 2.05) is 11.7 Å². The fourth-order valence-electron chi connectivity index (χ4n) is 2.32. The molecule has 3 nitrogen and oxygen atoms in total. The molecule has 16 heavy (non-hydrogen) atoms. The third-order valence-electron chi connectivity index (χ3n) is 3.36. The average Bonchev–Trinajstić information content (AvgIpc) is 2.79. The van der Waals surface area contributed by atoms with E-state index in [9.17, 15) is 0 Å². The van der Waals surface area contributed by atoms with Gasteiger partial charge in [-0.1, -0.05) is 6.42 Å². The van der Waals surface area contributed by atoms with Gasteiger partial charge in [-0.05, 0) is 39.4 Å². The Labute approximate surface area is 102 Å². The first-order valence-electron chi connectivity index (χ1n) is 6.14. The summed E-state index contributed by atoms with van der Waals surface area (Å²) in [7, 11) is 2.26. The van der Waals surface area contributed by atoms with Gasteiger partial charge in [-0.3, -0.25) is 4.98 Å². The molecule has 1 aromatic heterocycles. The molecule has 0 aromatic carbocycles. The normalized spacial score (nSPS) is 22.4. The van der Waals surface area contributed by atoms with E-state index in [0.29, 0.717) is 0 Å². The molecule has 2 heterocycles. The Morgan fingerprint density at radius 2 is 2.50 bits per heavy atom. The Morgan fingerprint density at radius 1 is 1.56 bits per heavy atom. The van der Waals surface area contributed by atoms with Gasteiger partial charge in [0.1, 0.15) is 0 Å². The van der Waals surface area contributed by atoms with Crippen LogP contribution in [0.25, 0.3) is 0 Å². The van der Waals surface area contributed by atoms with Crippen molar-refractivity contribution < 1.29 is 0 Å². The number of hydrogen-bond acceptors (Lipinski definition) is 4. The van der Waals surface area contributed by atoms with Crippen molar-refractivity contribution in [3.8, 4) is 0 Å². The van der Waals surface area contributed by atoms with Gasteiger partial charge < -0.3 is 10.2 Å². The topological polar surface area (TPSA) is 28.2 Å². The van der Waals surface area contributed by atoms with Crippen LogP contribution < -0.4 is 5.32 Å². The Hall–Kier alpha value is -0.450. The molecule has 1 fully saturated rings. The van der Waals surface area contributed by atoms with Crippen LogP contribution in [0, 0.1) is 0 Å². The van der Waals surface area contributed by atoms with Crippen LogP contribution in [0.3, 0.4) is 0 Å². The zero-order valence-corrected chi connectivity index (χ0v) is 10.8. The standard InChI is InChI=1S/C12H21N3S/c1-15-7-3-2-4-11(15)5-6-13-8-12-9-14-10-16-12/h9-11,13H,2-8H2,1H3. The molecule has 0 radical (unpaired) electrons. The van der Waals surface area contributed by atoms with Gasteiger partial charge in [-0.2, -0.15) is 0 Å². The van der Waals surface area contributed by atoms with Gasteiger partial charge in [-0.25, -0.2) is 0 Å². The Balaban J connectivity index is 1.60. The van der Waals surface area contributed by atoms with Crippen molar-refractivity contribution in [2.75, 3.05) is 20.1 Å². The van der Waals surface area contributed by atoms with Crippen molar-refractivity contribution in [3.63, 3.8) is 0 Å². The van der Waals surface area contributed by atoms with E-state index in [1.54, 1.807) is 11.3 Å².